The van der Waals surface area contributed by atoms with Gasteiger partial charge in [0.1, 0.15) is 23.1 Å². The fourth-order valence-electron chi connectivity index (χ4n) is 3.10. The number of amides is 1. The van der Waals surface area contributed by atoms with Gasteiger partial charge in [-0.3, -0.25) is 9.59 Å². The summed E-state index contributed by atoms with van der Waals surface area (Å²) in [7, 11) is 0. The highest BCUT2D eigenvalue weighted by Gasteiger charge is 2.30. The van der Waals surface area contributed by atoms with E-state index in [-0.39, 0.29) is 24.4 Å². The molecule has 1 aliphatic rings. The molecule has 0 spiro atoms. The molecule has 1 atom stereocenters. The predicted octanol–water partition coefficient (Wildman–Crippen LogP) is 4.10. The van der Waals surface area contributed by atoms with Gasteiger partial charge in [-0.25, -0.2) is 4.98 Å². The SMILES string of the molecule is CCOC(=O)C1CCCN(C(=O)c2csc(COc3ccc(Cl)c(C)c3)n2)C1. The van der Waals surface area contributed by atoms with Gasteiger partial charge in [-0.1, -0.05) is 11.6 Å². The van der Waals surface area contributed by atoms with Crippen LogP contribution in [0.25, 0.3) is 0 Å². The average Bonchev–Trinajstić information content (AvgIpc) is 3.17. The summed E-state index contributed by atoms with van der Waals surface area (Å²) in [6, 6.07) is 5.46. The number of aryl methyl sites for hydroxylation is 1. The molecular formula is C20H23ClN2O4S. The van der Waals surface area contributed by atoms with Crippen molar-refractivity contribution >= 4 is 34.8 Å². The van der Waals surface area contributed by atoms with Gasteiger partial charge in [0.05, 0.1) is 12.5 Å². The van der Waals surface area contributed by atoms with Crippen molar-refractivity contribution < 1.29 is 19.1 Å². The summed E-state index contributed by atoms with van der Waals surface area (Å²) in [5.41, 5.74) is 1.33. The number of nitrogens with zero attached hydrogens (tertiary/aromatic N) is 2. The maximum atomic E-state index is 12.8. The average molecular weight is 423 g/mol. The van der Waals surface area contributed by atoms with Crippen molar-refractivity contribution in [3.63, 3.8) is 0 Å². The summed E-state index contributed by atoms with van der Waals surface area (Å²) in [6.07, 6.45) is 1.53. The van der Waals surface area contributed by atoms with Crippen molar-refractivity contribution in [2.75, 3.05) is 19.7 Å². The lowest BCUT2D eigenvalue weighted by atomic mass is 9.98. The van der Waals surface area contributed by atoms with Gasteiger partial charge in [0.15, 0.2) is 0 Å². The van der Waals surface area contributed by atoms with Crippen molar-refractivity contribution in [1.29, 1.82) is 0 Å². The van der Waals surface area contributed by atoms with Gasteiger partial charge < -0.3 is 14.4 Å². The molecule has 1 saturated heterocycles. The van der Waals surface area contributed by atoms with Crippen molar-refractivity contribution in [3.05, 3.63) is 44.9 Å². The number of carbonyl (C=O) groups is 2. The number of hydrogen-bond donors (Lipinski definition) is 0. The first-order valence-electron chi connectivity index (χ1n) is 9.27. The highest BCUT2D eigenvalue weighted by Crippen LogP contribution is 2.23. The Morgan fingerprint density at radius 3 is 2.96 bits per heavy atom. The number of likely N-dealkylation sites (tertiary alicyclic amines) is 1. The molecule has 1 unspecified atom stereocenters. The van der Waals surface area contributed by atoms with E-state index in [0.29, 0.717) is 36.2 Å². The highest BCUT2D eigenvalue weighted by molar-refractivity contribution is 7.09. The summed E-state index contributed by atoms with van der Waals surface area (Å²) in [4.78, 5) is 30.8. The van der Waals surface area contributed by atoms with Crippen LogP contribution in [0.4, 0.5) is 0 Å². The molecule has 0 radical (unpaired) electrons. The minimum absolute atomic E-state index is 0.154. The quantitative estimate of drug-likeness (QED) is 0.655. The van der Waals surface area contributed by atoms with E-state index in [0.717, 1.165) is 23.4 Å². The lowest BCUT2D eigenvalue weighted by molar-refractivity contribution is -0.149. The summed E-state index contributed by atoms with van der Waals surface area (Å²) >= 11 is 7.40. The summed E-state index contributed by atoms with van der Waals surface area (Å²) in [6.45, 7) is 5.34. The van der Waals surface area contributed by atoms with E-state index in [2.05, 4.69) is 4.98 Å². The van der Waals surface area contributed by atoms with Crippen LogP contribution in [-0.4, -0.2) is 41.5 Å². The molecule has 2 aromatic rings. The molecule has 8 heteroatoms. The monoisotopic (exact) mass is 422 g/mol. The number of piperidine rings is 1. The molecule has 150 valence electrons. The molecule has 1 aromatic heterocycles. The van der Waals surface area contributed by atoms with Gasteiger partial charge in [0, 0.05) is 23.5 Å². The molecule has 28 heavy (non-hydrogen) atoms. The maximum absolute atomic E-state index is 12.8. The number of hydrogen-bond acceptors (Lipinski definition) is 6. The van der Waals surface area contributed by atoms with Crippen molar-refractivity contribution in [3.8, 4) is 5.75 Å². The third-order valence-corrected chi connectivity index (χ3v) is 5.84. The first-order valence-corrected chi connectivity index (χ1v) is 10.5. The minimum Gasteiger partial charge on any atom is -0.486 e. The second-order valence-corrected chi connectivity index (χ2v) is 8.02. The van der Waals surface area contributed by atoms with E-state index in [4.69, 9.17) is 21.1 Å². The second-order valence-electron chi connectivity index (χ2n) is 6.67. The number of halogens is 1. The molecule has 6 nitrogen and oxygen atoms in total. The number of rotatable bonds is 6. The van der Waals surface area contributed by atoms with E-state index in [1.165, 1.54) is 11.3 Å². The largest absolute Gasteiger partial charge is 0.486 e. The maximum Gasteiger partial charge on any atom is 0.310 e. The normalized spacial score (nSPS) is 16.7. The van der Waals surface area contributed by atoms with E-state index in [9.17, 15) is 9.59 Å². The Bertz CT molecular complexity index is 854. The number of ether oxygens (including phenoxy) is 2. The van der Waals surface area contributed by atoms with E-state index in [1.807, 2.05) is 13.0 Å². The molecule has 1 aromatic carbocycles. The lowest BCUT2D eigenvalue weighted by Gasteiger charge is -2.31. The van der Waals surface area contributed by atoms with Gasteiger partial charge in [0.25, 0.3) is 5.91 Å². The van der Waals surface area contributed by atoms with Crippen molar-refractivity contribution in [2.24, 2.45) is 5.92 Å². The Labute approximate surface area is 173 Å². The third kappa shape index (κ3) is 5.02. The number of esters is 1. The van der Waals surface area contributed by atoms with Crippen LogP contribution >= 0.6 is 22.9 Å². The first kappa shape index (κ1) is 20.6. The Hall–Kier alpha value is -2.12. The van der Waals surface area contributed by atoms with Crippen LogP contribution in [0.5, 0.6) is 5.75 Å². The minimum atomic E-state index is -0.257. The predicted molar refractivity (Wildman–Crippen MR) is 108 cm³/mol. The van der Waals surface area contributed by atoms with Crippen LogP contribution in [0.1, 0.15) is 40.8 Å². The Balaban J connectivity index is 1.58. The molecule has 1 aliphatic heterocycles. The summed E-state index contributed by atoms with van der Waals surface area (Å²) < 4.78 is 10.8. The third-order valence-electron chi connectivity index (χ3n) is 4.59. The molecule has 0 bridgehead atoms. The summed E-state index contributed by atoms with van der Waals surface area (Å²) in [5, 5.41) is 3.15. The molecule has 1 amide bonds. The van der Waals surface area contributed by atoms with Crippen LogP contribution in [0.15, 0.2) is 23.6 Å². The number of aromatic nitrogens is 1. The van der Waals surface area contributed by atoms with Gasteiger partial charge in [-0.2, -0.15) is 0 Å². The smallest absolute Gasteiger partial charge is 0.310 e. The second kappa shape index (κ2) is 9.39. The van der Waals surface area contributed by atoms with Gasteiger partial charge in [0.2, 0.25) is 0 Å². The van der Waals surface area contributed by atoms with Crippen LogP contribution in [0.3, 0.4) is 0 Å². The van der Waals surface area contributed by atoms with Gasteiger partial charge in [-0.15, -0.1) is 11.3 Å². The fourth-order valence-corrected chi connectivity index (χ4v) is 3.90. The van der Waals surface area contributed by atoms with Gasteiger partial charge in [-0.05, 0) is 50.5 Å². The topological polar surface area (TPSA) is 68.7 Å². The highest BCUT2D eigenvalue weighted by atomic mass is 35.5. The first-order chi connectivity index (χ1) is 13.5. The van der Waals surface area contributed by atoms with Crippen LogP contribution in [0, 0.1) is 12.8 Å². The molecular weight excluding hydrogens is 400 g/mol. The van der Waals surface area contributed by atoms with Gasteiger partial charge >= 0.3 is 5.97 Å². The molecule has 0 N–H and O–H groups in total. The molecule has 0 aliphatic carbocycles. The van der Waals surface area contributed by atoms with E-state index in [1.54, 1.807) is 29.3 Å². The summed E-state index contributed by atoms with van der Waals surface area (Å²) in [5.74, 6) is 0.0648. The van der Waals surface area contributed by atoms with Crippen molar-refractivity contribution in [1.82, 2.24) is 9.88 Å². The van der Waals surface area contributed by atoms with Crippen LogP contribution in [0.2, 0.25) is 5.02 Å². The van der Waals surface area contributed by atoms with E-state index >= 15 is 0 Å². The van der Waals surface area contributed by atoms with Crippen molar-refractivity contribution in [2.45, 2.75) is 33.3 Å². The Morgan fingerprint density at radius 1 is 1.39 bits per heavy atom. The molecule has 3 rings (SSSR count). The van der Waals surface area contributed by atoms with Crippen LogP contribution < -0.4 is 4.74 Å². The number of benzene rings is 1. The zero-order valence-corrected chi connectivity index (χ0v) is 17.5. The Morgan fingerprint density at radius 2 is 2.21 bits per heavy atom. The number of carbonyl (C=O) groups excluding carboxylic acids is 2. The zero-order chi connectivity index (χ0) is 20.1. The standard InChI is InChI=1S/C20H23ClN2O4S/c1-3-26-20(25)14-5-4-8-23(10-14)19(24)17-12-28-18(22-17)11-27-15-6-7-16(21)13(2)9-15/h6-7,9,12,14H,3-5,8,10-11H2,1-2H3. The Kier molecular flexibility index (Phi) is 6.91. The molecule has 1 fully saturated rings. The van der Waals surface area contributed by atoms with E-state index < -0.39 is 0 Å². The molecule has 2 heterocycles. The zero-order valence-electron chi connectivity index (χ0n) is 15.9. The molecule has 0 saturated carbocycles. The lowest BCUT2D eigenvalue weighted by Crippen LogP contribution is -2.43. The number of thiazole rings is 1. The van der Waals surface area contributed by atoms with Crippen LogP contribution in [-0.2, 0) is 16.1 Å². The fraction of sp³-hybridized carbons (Fsp3) is 0.450.